The molecule has 3 N–H and O–H groups in total. The number of esters is 1. The number of nitrogens with one attached hydrogen (secondary N) is 1. The maximum absolute atomic E-state index is 12.4. The summed E-state index contributed by atoms with van der Waals surface area (Å²) in [7, 11) is -2.26. The number of ether oxygens (including phenoxy) is 1. The molecule has 0 aliphatic carbocycles. The lowest BCUT2D eigenvalue weighted by Gasteiger charge is -2.33. The molecule has 0 atom stereocenters. The number of nitrogens with two attached hydrogens (primary N) is 1. The molecule has 10 heteroatoms. The number of methoxy groups -OCH3 is 1. The van der Waals surface area contributed by atoms with Crippen LogP contribution in [0, 0.1) is 0 Å². The Morgan fingerprint density at radius 1 is 1.43 bits per heavy atom. The average Bonchev–Trinajstić information content (AvgIpc) is 2.92. The van der Waals surface area contributed by atoms with E-state index in [0.29, 0.717) is 39.1 Å². The molecule has 0 aromatic carbocycles. The zero-order chi connectivity index (χ0) is 15.5. The van der Waals surface area contributed by atoms with Crippen LogP contribution < -0.4 is 5.73 Å². The SMILES string of the molecule is COC(=O)CCN1CCN(S(=O)(=O)c2cn[nH]c2N)CC1. The van der Waals surface area contributed by atoms with Crippen LogP contribution in [0.4, 0.5) is 5.82 Å². The van der Waals surface area contributed by atoms with E-state index in [1.165, 1.54) is 17.6 Å². The van der Waals surface area contributed by atoms with Crippen molar-refractivity contribution in [3.05, 3.63) is 6.20 Å². The molecule has 0 saturated carbocycles. The average molecular weight is 317 g/mol. The predicted molar refractivity (Wildman–Crippen MR) is 74.8 cm³/mol. The Morgan fingerprint density at radius 3 is 2.62 bits per heavy atom. The summed E-state index contributed by atoms with van der Waals surface area (Å²) in [5, 5.41) is 6.06. The fourth-order valence-corrected chi connectivity index (χ4v) is 3.61. The standard InChI is InChI=1S/C11H19N5O4S/c1-20-10(17)2-3-15-4-6-16(7-5-15)21(18,19)9-8-13-14-11(9)12/h8H,2-7H2,1H3,(H3,12,13,14). The summed E-state index contributed by atoms with van der Waals surface area (Å²) in [6.45, 7) is 2.40. The van der Waals surface area contributed by atoms with Crippen LogP contribution in [-0.2, 0) is 19.6 Å². The number of anilines is 1. The van der Waals surface area contributed by atoms with Gasteiger partial charge in [0.1, 0.15) is 10.7 Å². The van der Waals surface area contributed by atoms with E-state index in [4.69, 9.17) is 5.73 Å². The molecule has 1 saturated heterocycles. The summed E-state index contributed by atoms with van der Waals surface area (Å²) in [6, 6.07) is 0. The highest BCUT2D eigenvalue weighted by atomic mass is 32.2. The number of aromatic nitrogens is 2. The second-order valence-corrected chi connectivity index (χ2v) is 6.63. The van der Waals surface area contributed by atoms with Crippen molar-refractivity contribution in [1.82, 2.24) is 19.4 Å². The minimum absolute atomic E-state index is 0.00510. The maximum atomic E-state index is 12.4. The van der Waals surface area contributed by atoms with Crippen LogP contribution in [0.25, 0.3) is 0 Å². The highest BCUT2D eigenvalue weighted by Crippen LogP contribution is 2.21. The third-order valence-electron chi connectivity index (χ3n) is 3.44. The molecule has 1 aliphatic rings. The van der Waals surface area contributed by atoms with Gasteiger partial charge in [0.2, 0.25) is 10.0 Å². The van der Waals surface area contributed by atoms with Gasteiger partial charge in [0.25, 0.3) is 0 Å². The van der Waals surface area contributed by atoms with Crippen LogP contribution in [0.1, 0.15) is 6.42 Å². The maximum Gasteiger partial charge on any atom is 0.306 e. The first-order valence-corrected chi connectivity index (χ1v) is 7.97. The van der Waals surface area contributed by atoms with E-state index in [-0.39, 0.29) is 16.7 Å². The van der Waals surface area contributed by atoms with Gasteiger partial charge in [-0.1, -0.05) is 0 Å². The molecule has 1 aromatic heterocycles. The minimum Gasteiger partial charge on any atom is -0.469 e. The molecule has 118 valence electrons. The zero-order valence-electron chi connectivity index (χ0n) is 11.8. The number of carbonyl (C=O) groups excluding carboxylic acids is 1. The number of H-pyrrole nitrogens is 1. The number of rotatable bonds is 5. The number of nitrogens with zero attached hydrogens (tertiary/aromatic N) is 3. The number of sulfonamides is 1. The van der Waals surface area contributed by atoms with Crippen molar-refractivity contribution in [2.24, 2.45) is 0 Å². The van der Waals surface area contributed by atoms with Crippen molar-refractivity contribution < 1.29 is 17.9 Å². The van der Waals surface area contributed by atoms with Gasteiger partial charge >= 0.3 is 5.97 Å². The van der Waals surface area contributed by atoms with E-state index in [0.717, 1.165) is 0 Å². The van der Waals surface area contributed by atoms with E-state index >= 15 is 0 Å². The molecule has 2 heterocycles. The van der Waals surface area contributed by atoms with Crippen molar-refractivity contribution in [2.75, 3.05) is 45.6 Å². The molecule has 21 heavy (non-hydrogen) atoms. The number of piperazine rings is 1. The molecule has 1 aliphatic heterocycles. The Morgan fingerprint density at radius 2 is 2.10 bits per heavy atom. The van der Waals surface area contributed by atoms with Crippen LogP contribution in [0.15, 0.2) is 11.1 Å². The van der Waals surface area contributed by atoms with Crippen molar-refractivity contribution in [2.45, 2.75) is 11.3 Å². The largest absolute Gasteiger partial charge is 0.469 e. The van der Waals surface area contributed by atoms with E-state index < -0.39 is 10.0 Å². The Kier molecular flexibility index (Phi) is 4.80. The Labute approximate surface area is 123 Å². The summed E-state index contributed by atoms with van der Waals surface area (Å²) in [4.78, 5) is 13.1. The first-order valence-electron chi connectivity index (χ1n) is 6.53. The van der Waals surface area contributed by atoms with Crippen LogP contribution in [-0.4, -0.2) is 73.6 Å². The van der Waals surface area contributed by atoms with Gasteiger partial charge < -0.3 is 15.4 Å². The van der Waals surface area contributed by atoms with Gasteiger partial charge in [-0.25, -0.2) is 8.42 Å². The monoisotopic (exact) mass is 317 g/mol. The molecular weight excluding hydrogens is 298 g/mol. The molecule has 0 amide bonds. The van der Waals surface area contributed by atoms with Gasteiger partial charge in [0, 0.05) is 32.7 Å². The molecule has 0 radical (unpaired) electrons. The van der Waals surface area contributed by atoms with Crippen LogP contribution >= 0.6 is 0 Å². The third kappa shape index (κ3) is 3.52. The predicted octanol–water partition coefficient (Wildman–Crippen LogP) is -1.14. The molecule has 1 fully saturated rings. The number of aromatic amines is 1. The van der Waals surface area contributed by atoms with Gasteiger partial charge in [0.05, 0.1) is 19.7 Å². The Balaban J connectivity index is 1.92. The highest BCUT2D eigenvalue weighted by Gasteiger charge is 2.30. The lowest BCUT2D eigenvalue weighted by atomic mass is 10.3. The Hall–Kier alpha value is -1.65. The quantitative estimate of drug-likeness (QED) is 0.658. The number of nitrogen functional groups attached to an aromatic ring is 1. The summed E-state index contributed by atoms with van der Waals surface area (Å²) in [5.41, 5.74) is 5.57. The van der Waals surface area contributed by atoms with Crippen molar-refractivity contribution in [1.29, 1.82) is 0 Å². The smallest absolute Gasteiger partial charge is 0.306 e. The van der Waals surface area contributed by atoms with Gasteiger partial charge in [-0.3, -0.25) is 9.89 Å². The van der Waals surface area contributed by atoms with Gasteiger partial charge in [-0.15, -0.1) is 0 Å². The van der Waals surface area contributed by atoms with Gasteiger partial charge in [-0.05, 0) is 0 Å². The number of hydrogen-bond acceptors (Lipinski definition) is 7. The normalized spacial score (nSPS) is 17.8. The van der Waals surface area contributed by atoms with Crippen LogP contribution in [0.3, 0.4) is 0 Å². The minimum atomic E-state index is -3.61. The zero-order valence-corrected chi connectivity index (χ0v) is 12.6. The van der Waals surface area contributed by atoms with Crippen molar-refractivity contribution in [3.63, 3.8) is 0 Å². The molecule has 0 spiro atoms. The van der Waals surface area contributed by atoms with Crippen LogP contribution in [0.2, 0.25) is 0 Å². The van der Waals surface area contributed by atoms with Crippen molar-refractivity contribution in [3.8, 4) is 0 Å². The topological polar surface area (TPSA) is 122 Å². The number of carbonyl (C=O) groups is 1. The van der Waals surface area contributed by atoms with E-state index in [2.05, 4.69) is 14.9 Å². The fourth-order valence-electron chi connectivity index (χ4n) is 2.17. The number of hydrogen-bond donors (Lipinski definition) is 2. The molecular formula is C11H19N5O4S. The van der Waals surface area contributed by atoms with Gasteiger partial charge in [0.15, 0.2) is 0 Å². The molecule has 2 rings (SSSR count). The van der Waals surface area contributed by atoms with Gasteiger partial charge in [-0.2, -0.15) is 9.40 Å². The molecule has 9 nitrogen and oxygen atoms in total. The summed E-state index contributed by atoms with van der Waals surface area (Å²) in [5.74, 6) is -0.223. The summed E-state index contributed by atoms with van der Waals surface area (Å²) >= 11 is 0. The Bertz CT molecular complexity index is 592. The third-order valence-corrected chi connectivity index (χ3v) is 5.37. The van der Waals surface area contributed by atoms with Crippen molar-refractivity contribution >= 4 is 21.8 Å². The summed E-state index contributed by atoms with van der Waals surface area (Å²) in [6.07, 6.45) is 1.52. The summed E-state index contributed by atoms with van der Waals surface area (Å²) < 4.78 is 30.7. The first-order chi connectivity index (χ1) is 9.95. The second-order valence-electron chi connectivity index (χ2n) is 4.72. The fraction of sp³-hybridized carbons (Fsp3) is 0.636. The van der Waals surface area contributed by atoms with E-state index in [1.807, 2.05) is 4.90 Å². The lowest BCUT2D eigenvalue weighted by Crippen LogP contribution is -2.49. The second kappa shape index (κ2) is 6.41. The van der Waals surface area contributed by atoms with Crippen LogP contribution in [0.5, 0.6) is 0 Å². The first kappa shape index (κ1) is 15.7. The highest BCUT2D eigenvalue weighted by molar-refractivity contribution is 7.89. The lowest BCUT2D eigenvalue weighted by molar-refractivity contribution is -0.141. The molecule has 0 bridgehead atoms. The molecule has 0 unspecified atom stereocenters. The van der Waals surface area contributed by atoms with E-state index in [1.54, 1.807) is 0 Å². The molecule has 1 aromatic rings. The van der Waals surface area contributed by atoms with E-state index in [9.17, 15) is 13.2 Å².